The van der Waals surface area contributed by atoms with Crippen LogP contribution in [0.3, 0.4) is 0 Å². The van der Waals surface area contributed by atoms with Crippen molar-refractivity contribution < 1.29 is 14.4 Å². The van der Waals surface area contributed by atoms with E-state index in [1.165, 1.54) is 4.90 Å². The summed E-state index contributed by atoms with van der Waals surface area (Å²) >= 11 is 0. The van der Waals surface area contributed by atoms with Crippen molar-refractivity contribution in [3.63, 3.8) is 0 Å². The predicted molar refractivity (Wildman–Crippen MR) is 113 cm³/mol. The number of carbonyl (C=O) groups excluding carboxylic acids is 3. The van der Waals surface area contributed by atoms with Crippen LogP contribution in [-0.4, -0.2) is 34.9 Å². The maximum atomic E-state index is 13.6. The maximum absolute atomic E-state index is 13.6. The van der Waals surface area contributed by atoms with Crippen molar-refractivity contribution in [2.45, 2.75) is 32.9 Å². The third kappa shape index (κ3) is 2.49. The molecule has 4 atom stereocenters. The van der Waals surface area contributed by atoms with Gasteiger partial charge in [0.05, 0.1) is 29.8 Å². The minimum absolute atomic E-state index is 0.0763. The van der Waals surface area contributed by atoms with Gasteiger partial charge in [-0.2, -0.15) is 5.10 Å². The molecular formula is C24H23N3O3. The van der Waals surface area contributed by atoms with Gasteiger partial charge in [0.15, 0.2) is 5.78 Å². The molecule has 152 valence electrons. The van der Waals surface area contributed by atoms with E-state index in [1.807, 2.05) is 51.1 Å². The minimum atomic E-state index is -0.769. The molecule has 2 aromatic carbocycles. The Kier molecular flexibility index (Phi) is 3.97. The lowest BCUT2D eigenvalue weighted by Crippen LogP contribution is -2.48. The van der Waals surface area contributed by atoms with E-state index in [9.17, 15) is 14.4 Å². The molecule has 0 aromatic heterocycles. The smallest absolute Gasteiger partial charge is 0.240 e. The number of para-hydroxylation sites is 1. The monoisotopic (exact) mass is 401 g/mol. The summed E-state index contributed by atoms with van der Waals surface area (Å²) in [5, 5.41) is 6.27. The quantitative estimate of drug-likeness (QED) is 0.725. The van der Waals surface area contributed by atoms with E-state index in [0.29, 0.717) is 5.69 Å². The molecule has 5 rings (SSSR count). The molecule has 0 bridgehead atoms. The second-order valence-corrected chi connectivity index (χ2v) is 9.16. The highest BCUT2D eigenvalue weighted by Gasteiger charge is 2.66. The molecule has 0 saturated carbocycles. The van der Waals surface area contributed by atoms with Gasteiger partial charge in [0.1, 0.15) is 6.04 Å². The van der Waals surface area contributed by atoms with E-state index < -0.39 is 29.3 Å². The molecule has 0 N–H and O–H groups in total. The van der Waals surface area contributed by atoms with E-state index in [0.717, 1.165) is 11.1 Å². The third-order valence-electron chi connectivity index (χ3n) is 6.32. The van der Waals surface area contributed by atoms with E-state index in [2.05, 4.69) is 5.10 Å². The molecule has 0 radical (unpaired) electrons. The number of hydrazone groups is 1. The predicted octanol–water partition coefficient (Wildman–Crippen LogP) is 3.18. The van der Waals surface area contributed by atoms with Crippen LogP contribution in [0.15, 0.2) is 59.7 Å². The summed E-state index contributed by atoms with van der Waals surface area (Å²) in [7, 11) is 0. The number of hydrogen-bond acceptors (Lipinski definition) is 5. The van der Waals surface area contributed by atoms with Crippen molar-refractivity contribution in [2.24, 2.45) is 22.4 Å². The highest BCUT2D eigenvalue weighted by Crippen LogP contribution is 2.53. The minimum Gasteiger partial charge on any atom is -0.297 e. The number of hydrogen-bond donors (Lipinski definition) is 0. The molecule has 3 aliphatic heterocycles. The van der Waals surface area contributed by atoms with E-state index >= 15 is 0 Å². The largest absolute Gasteiger partial charge is 0.297 e. The number of carbonyl (C=O) groups is 3. The SMILES string of the molecule is CC(C)(C)C(=O)[C@@H]1[C@H]2C(=O)N(c3ccccc3)C(=O)[C@H]2[C@H]2c3ccccc3C=NN12. The Morgan fingerprint density at radius 2 is 1.53 bits per heavy atom. The van der Waals surface area contributed by atoms with Crippen molar-refractivity contribution in [1.29, 1.82) is 0 Å². The van der Waals surface area contributed by atoms with Crippen LogP contribution >= 0.6 is 0 Å². The van der Waals surface area contributed by atoms with Crippen molar-refractivity contribution in [3.8, 4) is 0 Å². The third-order valence-corrected chi connectivity index (χ3v) is 6.32. The van der Waals surface area contributed by atoms with Crippen LogP contribution in [0.25, 0.3) is 0 Å². The van der Waals surface area contributed by atoms with Crippen molar-refractivity contribution >= 4 is 29.5 Å². The number of benzene rings is 2. The lowest BCUT2D eigenvalue weighted by atomic mass is 9.79. The number of imide groups is 1. The van der Waals surface area contributed by atoms with Crippen molar-refractivity contribution in [3.05, 3.63) is 65.7 Å². The van der Waals surface area contributed by atoms with Gasteiger partial charge >= 0.3 is 0 Å². The Hall–Kier alpha value is -3.28. The Bertz CT molecular complexity index is 1090. The molecule has 30 heavy (non-hydrogen) atoms. The zero-order chi connectivity index (χ0) is 21.2. The van der Waals surface area contributed by atoms with Crippen LogP contribution in [0.2, 0.25) is 0 Å². The van der Waals surface area contributed by atoms with Gasteiger partial charge in [-0.3, -0.25) is 19.4 Å². The van der Waals surface area contributed by atoms with Gasteiger partial charge in [-0.25, -0.2) is 4.90 Å². The summed E-state index contributed by atoms with van der Waals surface area (Å²) in [5.41, 5.74) is 1.73. The molecule has 2 amide bonds. The zero-order valence-electron chi connectivity index (χ0n) is 17.1. The Morgan fingerprint density at radius 3 is 2.23 bits per heavy atom. The van der Waals surface area contributed by atoms with Crippen LogP contribution < -0.4 is 4.90 Å². The fraction of sp³-hybridized carbons (Fsp3) is 0.333. The number of anilines is 1. The van der Waals surface area contributed by atoms with Crippen LogP contribution in [0, 0.1) is 17.3 Å². The highest BCUT2D eigenvalue weighted by atomic mass is 16.2. The number of ketones is 1. The molecule has 0 aliphatic carbocycles. The van der Waals surface area contributed by atoms with E-state index in [-0.39, 0.29) is 17.6 Å². The maximum Gasteiger partial charge on any atom is 0.240 e. The number of rotatable bonds is 2. The number of amides is 2. The van der Waals surface area contributed by atoms with Gasteiger partial charge in [-0.05, 0) is 23.3 Å². The second kappa shape index (κ2) is 6.36. The normalized spacial score (nSPS) is 27.2. The molecule has 2 fully saturated rings. The Labute approximate surface area is 175 Å². The topological polar surface area (TPSA) is 70.0 Å². The average Bonchev–Trinajstić information content (AvgIpc) is 3.20. The number of fused-ring (bicyclic) bond motifs is 5. The first-order valence-corrected chi connectivity index (χ1v) is 10.2. The molecule has 6 nitrogen and oxygen atoms in total. The van der Waals surface area contributed by atoms with E-state index in [1.54, 1.807) is 35.5 Å². The summed E-state index contributed by atoms with van der Waals surface area (Å²) in [6, 6.07) is 15.5. The molecule has 3 aliphatic rings. The summed E-state index contributed by atoms with van der Waals surface area (Å²) in [6.07, 6.45) is 1.72. The average molecular weight is 401 g/mol. The molecule has 6 heteroatoms. The molecule has 3 heterocycles. The molecule has 2 aromatic rings. The van der Waals surface area contributed by atoms with Gasteiger partial charge < -0.3 is 0 Å². The van der Waals surface area contributed by atoms with Gasteiger partial charge in [0.25, 0.3) is 0 Å². The Morgan fingerprint density at radius 1 is 0.900 bits per heavy atom. The second-order valence-electron chi connectivity index (χ2n) is 9.16. The summed E-state index contributed by atoms with van der Waals surface area (Å²) in [4.78, 5) is 41.9. The standard InChI is InChI=1S/C24H23N3O3/c1-24(2,3)21(28)20-18-17(19-16-12-8-7-9-14(16)13-25-27(19)20)22(29)26(23(18)30)15-10-5-4-6-11-15/h4-13,17-20H,1-3H3/t17-,18+,19-,20+/m1/s1. The lowest BCUT2D eigenvalue weighted by molar-refractivity contribution is -0.136. The fourth-order valence-electron chi connectivity index (χ4n) is 4.94. The first kappa shape index (κ1) is 18.7. The zero-order valence-corrected chi connectivity index (χ0v) is 17.1. The summed E-state index contributed by atoms with van der Waals surface area (Å²) in [6.45, 7) is 5.53. The molecule has 0 unspecified atom stereocenters. The van der Waals surface area contributed by atoms with Crippen LogP contribution in [0.4, 0.5) is 5.69 Å². The molecule has 0 spiro atoms. The van der Waals surface area contributed by atoms with Gasteiger partial charge in [-0.1, -0.05) is 63.2 Å². The van der Waals surface area contributed by atoms with Gasteiger partial charge in [0, 0.05) is 5.41 Å². The van der Waals surface area contributed by atoms with Gasteiger partial charge in [-0.15, -0.1) is 0 Å². The van der Waals surface area contributed by atoms with Crippen LogP contribution in [0.5, 0.6) is 0 Å². The number of nitrogens with zero attached hydrogens (tertiary/aromatic N) is 3. The Balaban J connectivity index is 1.68. The molecular weight excluding hydrogens is 378 g/mol. The van der Waals surface area contributed by atoms with Crippen molar-refractivity contribution in [1.82, 2.24) is 5.01 Å². The summed E-state index contributed by atoms with van der Waals surface area (Å²) in [5.74, 6) is -2.05. The first-order valence-electron chi connectivity index (χ1n) is 10.2. The van der Waals surface area contributed by atoms with Crippen LogP contribution in [-0.2, 0) is 14.4 Å². The number of Topliss-reactive ketones (excluding diaryl/α,β-unsaturated/α-hetero) is 1. The summed E-state index contributed by atoms with van der Waals surface area (Å²) < 4.78 is 0. The van der Waals surface area contributed by atoms with Crippen LogP contribution in [0.1, 0.15) is 37.9 Å². The van der Waals surface area contributed by atoms with Gasteiger partial charge in [0.2, 0.25) is 11.8 Å². The van der Waals surface area contributed by atoms with Crippen molar-refractivity contribution in [2.75, 3.05) is 4.90 Å². The fourth-order valence-corrected chi connectivity index (χ4v) is 4.94. The molecule has 2 saturated heterocycles. The highest BCUT2D eigenvalue weighted by molar-refractivity contribution is 6.24. The first-order chi connectivity index (χ1) is 14.3. The van der Waals surface area contributed by atoms with E-state index in [4.69, 9.17) is 0 Å². The lowest BCUT2D eigenvalue weighted by Gasteiger charge is -2.35.